The van der Waals surface area contributed by atoms with Gasteiger partial charge in [0.15, 0.2) is 5.82 Å². The number of aliphatic hydroxyl groups is 1. The monoisotopic (exact) mass is 471 g/mol. The molecule has 176 valence electrons. The first kappa shape index (κ1) is 21.9. The highest BCUT2D eigenvalue weighted by molar-refractivity contribution is 5.64. The molecule has 0 unspecified atom stereocenters. The van der Waals surface area contributed by atoms with Crippen LogP contribution in [-0.4, -0.2) is 30.3 Å². The molecule has 2 aliphatic rings. The number of aliphatic hydroxyl groups excluding tert-OH is 1. The van der Waals surface area contributed by atoms with Gasteiger partial charge in [-0.2, -0.15) is 5.10 Å². The van der Waals surface area contributed by atoms with E-state index in [1.807, 2.05) is 12.1 Å². The van der Waals surface area contributed by atoms with Crippen LogP contribution in [0.2, 0.25) is 0 Å². The molecular formula is C27H23F2N5O. The van der Waals surface area contributed by atoms with E-state index < -0.39 is 17.0 Å². The van der Waals surface area contributed by atoms with Crippen molar-refractivity contribution >= 4 is 0 Å². The van der Waals surface area contributed by atoms with Gasteiger partial charge in [0.1, 0.15) is 11.6 Å². The first-order valence-electron chi connectivity index (χ1n) is 11.6. The van der Waals surface area contributed by atoms with E-state index in [9.17, 15) is 13.9 Å². The quantitative estimate of drug-likeness (QED) is 0.452. The highest BCUT2D eigenvalue weighted by Crippen LogP contribution is 2.69. The van der Waals surface area contributed by atoms with Gasteiger partial charge in [0, 0.05) is 18.0 Å². The summed E-state index contributed by atoms with van der Waals surface area (Å²) in [6.45, 7) is 4.28. The van der Waals surface area contributed by atoms with Crippen LogP contribution in [0.25, 0.3) is 22.6 Å². The third-order valence-corrected chi connectivity index (χ3v) is 7.94. The number of hydrogen-bond donors (Lipinski definition) is 1. The molecule has 4 aromatic rings. The van der Waals surface area contributed by atoms with Gasteiger partial charge in [-0.3, -0.25) is 4.98 Å². The first-order chi connectivity index (χ1) is 16.9. The maximum absolute atomic E-state index is 14.5. The molecule has 3 heterocycles. The van der Waals surface area contributed by atoms with Crippen molar-refractivity contribution in [2.75, 3.05) is 0 Å². The summed E-state index contributed by atoms with van der Waals surface area (Å²) < 4.78 is 29.0. The van der Waals surface area contributed by atoms with Gasteiger partial charge in [0.25, 0.3) is 0 Å². The highest BCUT2D eigenvalue weighted by Gasteiger charge is 2.65. The van der Waals surface area contributed by atoms with Gasteiger partial charge in [0.05, 0.1) is 40.4 Å². The molecule has 8 heteroatoms. The Kier molecular flexibility index (Phi) is 4.79. The fourth-order valence-corrected chi connectivity index (χ4v) is 6.14. The summed E-state index contributed by atoms with van der Waals surface area (Å²) in [5.74, 6) is -0.611. The van der Waals surface area contributed by atoms with Crippen molar-refractivity contribution in [2.45, 2.75) is 44.6 Å². The summed E-state index contributed by atoms with van der Waals surface area (Å²) in [6, 6.07) is 11.1. The van der Waals surface area contributed by atoms with Crippen molar-refractivity contribution in [3.63, 3.8) is 0 Å². The van der Waals surface area contributed by atoms with Crippen molar-refractivity contribution in [3.05, 3.63) is 89.1 Å². The van der Waals surface area contributed by atoms with E-state index in [1.165, 1.54) is 18.2 Å². The molecule has 1 aromatic carbocycles. The minimum atomic E-state index is -0.655. The van der Waals surface area contributed by atoms with E-state index >= 15 is 0 Å². The van der Waals surface area contributed by atoms with Crippen LogP contribution < -0.4 is 0 Å². The van der Waals surface area contributed by atoms with E-state index in [0.29, 0.717) is 11.5 Å². The molecule has 0 radical (unpaired) electrons. The van der Waals surface area contributed by atoms with Crippen LogP contribution in [0.1, 0.15) is 55.3 Å². The first-order valence-corrected chi connectivity index (χ1v) is 11.6. The molecule has 1 fully saturated rings. The Balaban J connectivity index is 1.49. The van der Waals surface area contributed by atoms with Crippen LogP contribution in [0.3, 0.4) is 0 Å². The third-order valence-electron chi connectivity index (χ3n) is 7.94. The average molecular weight is 472 g/mol. The zero-order valence-corrected chi connectivity index (χ0v) is 19.3. The lowest BCUT2D eigenvalue weighted by molar-refractivity contribution is 0.243. The van der Waals surface area contributed by atoms with Gasteiger partial charge < -0.3 is 5.11 Å². The largest absolute Gasteiger partial charge is 0.390 e. The number of rotatable bonds is 4. The predicted octanol–water partition coefficient (Wildman–Crippen LogP) is 4.97. The molecule has 0 aliphatic heterocycles. The number of fused-ring (bicyclic) bond motifs is 5. The second-order valence-electron chi connectivity index (χ2n) is 9.81. The summed E-state index contributed by atoms with van der Waals surface area (Å²) in [4.78, 5) is 13.7. The minimum Gasteiger partial charge on any atom is -0.390 e. The van der Waals surface area contributed by atoms with E-state index in [1.54, 1.807) is 24.5 Å². The van der Waals surface area contributed by atoms with Gasteiger partial charge in [-0.1, -0.05) is 19.9 Å². The topological polar surface area (TPSA) is 84.7 Å². The Bertz CT molecular complexity index is 1440. The second-order valence-corrected chi connectivity index (χ2v) is 9.81. The SMILES string of the molecule is CC1(C)[C@H]2CC[C@]1(c1ccnc(-c3ccc(CO)nc3)n1)c1nnc(-c3c(F)cccc3F)cc12. The van der Waals surface area contributed by atoms with Crippen LogP contribution in [0, 0.1) is 17.0 Å². The number of hydrogen-bond acceptors (Lipinski definition) is 6. The molecule has 0 amide bonds. The number of halogens is 2. The summed E-state index contributed by atoms with van der Waals surface area (Å²) in [5, 5.41) is 18.2. The van der Waals surface area contributed by atoms with Crippen LogP contribution in [0.15, 0.2) is 54.9 Å². The van der Waals surface area contributed by atoms with E-state index in [-0.39, 0.29) is 29.2 Å². The summed E-state index contributed by atoms with van der Waals surface area (Å²) in [7, 11) is 0. The van der Waals surface area contributed by atoms with Crippen molar-refractivity contribution in [1.82, 2.24) is 25.1 Å². The van der Waals surface area contributed by atoms with Crippen molar-refractivity contribution in [2.24, 2.45) is 5.41 Å². The number of aromatic nitrogens is 5. The maximum Gasteiger partial charge on any atom is 0.160 e. The zero-order chi connectivity index (χ0) is 24.4. The van der Waals surface area contributed by atoms with Gasteiger partial charge in [-0.15, -0.1) is 5.10 Å². The molecular weight excluding hydrogens is 448 g/mol. The van der Waals surface area contributed by atoms with E-state index in [0.717, 1.165) is 35.4 Å². The van der Waals surface area contributed by atoms with Crippen molar-refractivity contribution in [3.8, 4) is 22.6 Å². The standard InChI is InChI=1S/C27H23F2N5O/c1-26(2)18-8-10-27(26,22-9-11-30-25(32-22)15-6-7-16(14-35)31-13-15)24-17(18)12-21(33-34-24)23-19(28)4-3-5-20(23)29/h3-7,9,11-13,18,35H,8,10,14H2,1-2H3/t18-,27-/m0/s1. The van der Waals surface area contributed by atoms with Crippen LogP contribution in [0.4, 0.5) is 8.78 Å². The molecule has 1 saturated carbocycles. The fourth-order valence-electron chi connectivity index (χ4n) is 6.14. The number of benzene rings is 1. The molecule has 0 saturated heterocycles. The molecule has 2 bridgehead atoms. The lowest BCUT2D eigenvalue weighted by Gasteiger charge is -2.37. The molecule has 35 heavy (non-hydrogen) atoms. The molecule has 2 aliphatic carbocycles. The number of pyridine rings is 1. The molecule has 6 rings (SSSR count). The van der Waals surface area contributed by atoms with Crippen LogP contribution in [-0.2, 0) is 12.0 Å². The molecule has 6 nitrogen and oxygen atoms in total. The van der Waals surface area contributed by atoms with Crippen molar-refractivity contribution in [1.29, 1.82) is 0 Å². The lowest BCUT2D eigenvalue weighted by atomic mass is 9.66. The van der Waals surface area contributed by atoms with Gasteiger partial charge in [0.2, 0.25) is 0 Å². The summed E-state index contributed by atoms with van der Waals surface area (Å²) in [6.07, 6.45) is 5.15. The Morgan fingerprint density at radius 1 is 1.03 bits per heavy atom. The molecule has 3 aromatic heterocycles. The van der Waals surface area contributed by atoms with E-state index in [4.69, 9.17) is 4.98 Å². The van der Waals surface area contributed by atoms with E-state index in [2.05, 4.69) is 34.0 Å². The minimum absolute atomic E-state index is 0.131. The average Bonchev–Trinajstić information content (AvgIpc) is 3.25. The molecule has 2 atom stereocenters. The summed E-state index contributed by atoms with van der Waals surface area (Å²) in [5.41, 5.74) is 3.29. The Labute approximate surface area is 201 Å². The van der Waals surface area contributed by atoms with Crippen LogP contribution in [0.5, 0.6) is 0 Å². The zero-order valence-electron chi connectivity index (χ0n) is 19.3. The van der Waals surface area contributed by atoms with Crippen molar-refractivity contribution < 1.29 is 13.9 Å². The smallest absolute Gasteiger partial charge is 0.160 e. The predicted molar refractivity (Wildman–Crippen MR) is 125 cm³/mol. The molecule has 1 N–H and O–H groups in total. The van der Waals surface area contributed by atoms with Crippen LogP contribution >= 0.6 is 0 Å². The molecule has 0 spiro atoms. The Hall–Kier alpha value is -3.65. The second kappa shape index (κ2) is 7.68. The number of nitrogens with zero attached hydrogens (tertiary/aromatic N) is 5. The Morgan fingerprint density at radius 2 is 1.83 bits per heavy atom. The lowest BCUT2D eigenvalue weighted by Crippen LogP contribution is -2.38. The Morgan fingerprint density at radius 3 is 2.54 bits per heavy atom. The third kappa shape index (κ3) is 2.99. The highest BCUT2D eigenvalue weighted by atomic mass is 19.1. The fraction of sp³-hybridized carbons (Fsp3) is 0.296. The normalized spacial score (nSPS) is 21.8. The van der Waals surface area contributed by atoms with Gasteiger partial charge >= 0.3 is 0 Å². The summed E-state index contributed by atoms with van der Waals surface area (Å²) >= 11 is 0. The maximum atomic E-state index is 14.5. The van der Waals surface area contributed by atoms with Gasteiger partial charge in [-0.25, -0.2) is 18.7 Å². The van der Waals surface area contributed by atoms with Gasteiger partial charge in [-0.05, 0) is 66.1 Å².